The van der Waals surface area contributed by atoms with Crippen LogP contribution in [0.4, 0.5) is 5.69 Å². The lowest BCUT2D eigenvalue weighted by atomic mass is 10.2. The number of benzene rings is 1. The van der Waals surface area contributed by atoms with Crippen LogP contribution < -0.4 is 10.2 Å². The van der Waals surface area contributed by atoms with Gasteiger partial charge in [0.25, 0.3) is 0 Å². The van der Waals surface area contributed by atoms with Gasteiger partial charge in [-0.15, -0.1) is 0 Å². The van der Waals surface area contributed by atoms with Crippen LogP contribution >= 0.6 is 12.2 Å². The number of phenols is 1. The maximum absolute atomic E-state index is 9.91. The van der Waals surface area contributed by atoms with Gasteiger partial charge < -0.3 is 25.1 Å². The summed E-state index contributed by atoms with van der Waals surface area (Å²) in [5.74, 6) is 0.345. The fraction of sp³-hybridized carbons (Fsp3) is 0.533. The number of nitrogens with zero attached hydrogens (tertiary/aromatic N) is 3. The molecule has 0 aliphatic carbocycles. The van der Waals surface area contributed by atoms with Crippen LogP contribution in [0, 0.1) is 0 Å². The average Bonchev–Trinajstić information content (AvgIpc) is 2.47. The molecule has 0 amide bonds. The molecule has 1 aromatic carbocycles. The van der Waals surface area contributed by atoms with Gasteiger partial charge in [-0.2, -0.15) is 0 Å². The van der Waals surface area contributed by atoms with Crippen molar-refractivity contribution in [2.24, 2.45) is 0 Å². The summed E-state index contributed by atoms with van der Waals surface area (Å²) >= 11 is 5.44. The topological polar surface area (TPSA) is 42.0 Å². The van der Waals surface area contributed by atoms with E-state index in [0.29, 0.717) is 5.75 Å². The molecule has 1 fully saturated rings. The zero-order chi connectivity index (χ0) is 15.2. The van der Waals surface area contributed by atoms with E-state index < -0.39 is 0 Å². The summed E-state index contributed by atoms with van der Waals surface area (Å²) < 4.78 is 0. The van der Waals surface area contributed by atoms with Crippen molar-refractivity contribution in [2.75, 3.05) is 58.3 Å². The van der Waals surface area contributed by atoms with E-state index in [1.54, 1.807) is 6.07 Å². The highest BCUT2D eigenvalue weighted by Gasteiger charge is 2.20. The van der Waals surface area contributed by atoms with Crippen LogP contribution in [0.25, 0.3) is 0 Å². The van der Waals surface area contributed by atoms with Gasteiger partial charge in [0, 0.05) is 39.3 Å². The first kappa shape index (κ1) is 15.9. The van der Waals surface area contributed by atoms with Crippen LogP contribution in [0.3, 0.4) is 0 Å². The number of rotatable bonds is 4. The molecule has 1 heterocycles. The van der Waals surface area contributed by atoms with E-state index in [1.165, 1.54) is 0 Å². The Morgan fingerprint density at radius 2 is 1.90 bits per heavy atom. The Labute approximate surface area is 132 Å². The number of anilines is 1. The highest BCUT2D eigenvalue weighted by Crippen LogP contribution is 2.27. The zero-order valence-corrected chi connectivity index (χ0v) is 13.6. The molecule has 2 N–H and O–H groups in total. The summed E-state index contributed by atoms with van der Waals surface area (Å²) in [6, 6.07) is 7.49. The normalized spacial score (nSPS) is 15.4. The lowest BCUT2D eigenvalue weighted by Gasteiger charge is -2.37. The summed E-state index contributed by atoms with van der Waals surface area (Å²) in [6.07, 6.45) is 0. The average molecular weight is 308 g/mol. The first-order valence-corrected chi connectivity index (χ1v) is 7.69. The molecule has 0 saturated carbocycles. The number of hydrogen-bond acceptors (Lipinski definition) is 4. The second-order valence-electron chi connectivity index (χ2n) is 5.50. The molecule has 0 unspecified atom stereocenters. The quantitative estimate of drug-likeness (QED) is 0.808. The first-order valence-electron chi connectivity index (χ1n) is 7.28. The summed E-state index contributed by atoms with van der Waals surface area (Å²) in [4.78, 5) is 6.53. The van der Waals surface area contributed by atoms with E-state index in [-0.39, 0.29) is 0 Å². The Morgan fingerprint density at radius 1 is 1.24 bits per heavy atom. The molecule has 1 aliphatic heterocycles. The molecule has 1 saturated heterocycles. The molecule has 2 rings (SSSR count). The highest BCUT2D eigenvalue weighted by molar-refractivity contribution is 7.80. The number of aromatic hydroxyl groups is 1. The van der Waals surface area contributed by atoms with Crippen LogP contribution in [0.1, 0.15) is 0 Å². The van der Waals surface area contributed by atoms with Crippen molar-refractivity contribution in [3.05, 3.63) is 24.3 Å². The van der Waals surface area contributed by atoms with E-state index in [9.17, 15) is 5.11 Å². The van der Waals surface area contributed by atoms with Crippen molar-refractivity contribution in [1.29, 1.82) is 0 Å². The van der Waals surface area contributed by atoms with Crippen LogP contribution in [0.15, 0.2) is 24.3 Å². The highest BCUT2D eigenvalue weighted by atomic mass is 32.1. The summed E-state index contributed by atoms with van der Waals surface area (Å²) in [7, 11) is 4.10. The maximum atomic E-state index is 9.91. The van der Waals surface area contributed by atoms with Crippen molar-refractivity contribution in [2.45, 2.75) is 0 Å². The van der Waals surface area contributed by atoms with Gasteiger partial charge in [0.2, 0.25) is 0 Å². The van der Waals surface area contributed by atoms with E-state index in [2.05, 4.69) is 34.1 Å². The Morgan fingerprint density at radius 3 is 2.52 bits per heavy atom. The monoisotopic (exact) mass is 308 g/mol. The fourth-order valence-electron chi connectivity index (χ4n) is 2.38. The number of thiocarbonyl (C=S) groups is 1. The van der Waals surface area contributed by atoms with Crippen molar-refractivity contribution in [3.63, 3.8) is 0 Å². The molecule has 116 valence electrons. The standard InChI is InChI=1S/C15H24N4OS/c1-17(2)8-7-16-15(21)19-11-9-18(10-12-19)13-5-3-4-6-14(13)20/h3-6,20H,7-12H2,1-2H3,(H,16,21). The third kappa shape index (κ3) is 4.47. The number of likely N-dealkylation sites (N-methyl/N-ethyl adjacent to an activating group) is 1. The van der Waals surface area contributed by atoms with Crippen LogP contribution in [0.2, 0.25) is 0 Å². The van der Waals surface area contributed by atoms with Gasteiger partial charge in [-0.25, -0.2) is 0 Å². The lowest BCUT2D eigenvalue weighted by molar-refractivity contribution is 0.369. The summed E-state index contributed by atoms with van der Waals surface area (Å²) in [6.45, 7) is 5.33. The molecule has 0 atom stereocenters. The smallest absolute Gasteiger partial charge is 0.169 e. The van der Waals surface area contributed by atoms with Gasteiger partial charge in [0.1, 0.15) is 5.75 Å². The number of hydrogen-bond donors (Lipinski definition) is 2. The van der Waals surface area contributed by atoms with Crippen LogP contribution in [-0.4, -0.2) is 73.4 Å². The molecule has 0 radical (unpaired) electrons. The lowest BCUT2D eigenvalue weighted by Crippen LogP contribution is -2.52. The Kier molecular flexibility index (Phi) is 5.64. The van der Waals surface area contributed by atoms with Crippen molar-refractivity contribution in [3.8, 4) is 5.75 Å². The largest absolute Gasteiger partial charge is 0.506 e. The van der Waals surface area contributed by atoms with Gasteiger partial charge in [-0.3, -0.25) is 0 Å². The number of nitrogens with one attached hydrogen (secondary N) is 1. The van der Waals surface area contributed by atoms with E-state index in [0.717, 1.165) is 50.1 Å². The van der Waals surface area contributed by atoms with E-state index in [1.807, 2.05) is 18.2 Å². The summed E-state index contributed by atoms with van der Waals surface area (Å²) in [5.41, 5.74) is 0.906. The summed E-state index contributed by atoms with van der Waals surface area (Å²) in [5, 5.41) is 14.0. The Balaban J connectivity index is 1.80. The molecular formula is C15H24N4OS. The molecule has 1 aromatic rings. The molecular weight excluding hydrogens is 284 g/mol. The zero-order valence-electron chi connectivity index (χ0n) is 12.7. The number of piperazine rings is 1. The van der Waals surface area contributed by atoms with Gasteiger partial charge in [-0.1, -0.05) is 12.1 Å². The number of para-hydroxylation sites is 2. The van der Waals surface area contributed by atoms with Crippen LogP contribution in [0.5, 0.6) is 5.75 Å². The van der Waals surface area contributed by atoms with Gasteiger partial charge in [0.05, 0.1) is 5.69 Å². The Hall–Kier alpha value is -1.53. The SMILES string of the molecule is CN(C)CCNC(=S)N1CCN(c2ccccc2O)CC1. The first-order chi connectivity index (χ1) is 10.1. The molecule has 0 spiro atoms. The molecule has 5 nitrogen and oxygen atoms in total. The minimum absolute atomic E-state index is 0.345. The third-order valence-corrected chi connectivity index (χ3v) is 4.03. The Bertz CT molecular complexity index is 472. The molecule has 6 heteroatoms. The second kappa shape index (κ2) is 7.47. The van der Waals surface area contributed by atoms with E-state index >= 15 is 0 Å². The van der Waals surface area contributed by atoms with Crippen molar-refractivity contribution < 1.29 is 5.11 Å². The molecule has 0 bridgehead atoms. The molecule has 1 aliphatic rings. The van der Waals surface area contributed by atoms with Crippen molar-refractivity contribution >= 4 is 23.0 Å². The molecule has 21 heavy (non-hydrogen) atoms. The minimum atomic E-state index is 0.345. The van der Waals surface area contributed by atoms with Crippen molar-refractivity contribution in [1.82, 2.24) is 15.1 Å². The predicted molar refractivity (Wildman–Crippen MR) is 91.0 cm³/mol. The molecule has 0 aromatic heterocycles. The minimum Gasteiger partial charge on any atom is -0.506 e. The second-order valence-corrected chi connectivity index (χ2v) is 5.88. The van der Waals surface area contributed by atoms with Gasteiger partial charge >= 0.3 is 0 Å². The predicted octanol–water partition coefficient (Wildman–Crippen LogP) is 0.950. The maximum Gasteiger partial charge on any atom is 0.169 e. The van der Waals surface area contributed by atoms with Crippen LogP contribution in [-0.2, 0) is 0 Å². The fourth-order valence-corrected chi connectivity index (χ4v) is 2.66. The third-order valence-electron chi connectivity index (χ3n) is 3.62. The van der Waals surface area contributed by atoms with Gasteiger partial charge in [-0.05, 0) is 38.4 Å². The van der Waals surface area contributed by atoms with Gasteiger partial charge in [0.15, 0.2) is 5.11 Å². The van der Waals surface area contributed by atoms with E-state index in [4.69, 9.17) is 12.2 Å². The number of phenolic OH excluding ortho intramolecular Hbond substituents is 1.